The van der Waals surface area contributed by atoms with E-state index in [2.05, 4.69) is 35.0 Å². The molecule has 0 spiro atoms. The summed E-state index contributed by atoms with van der Waals surface area (Å²) < 4.78 is 57.1. The lowest BCUT2D eigenvalue weighted by molar-refractivity contribution is -0.642. The number of hydrogen-bond acceptors (Lipinski definition) is 7. The lowest BCUT2D eigenvalue weighted by Gasteiger charge is -2.12. The van der Waals surface area contributed by atoms with Crippen molar-refractivity contribution in [3.8, 4) is 23.0 Å². The zero-order valence-electron chi connectivity index (χ0n) is 16.9. The Labute approximate surface area is 177 Å². The Morgan fingerprint density at radius 3 is 2.26 bits per heavy atom. The topological polar surface area (TPSA) is 118 Å². The van der Waals surface area contributed by atoms with Gasteiger partial charge in [0.15, 0.2) is 29.2 Å². The van der Waals surface area contributed by atoms with Crippen molar-refractivity contribution in [2.75, 3.05) is 21.0 Å². The van der Waals surface area contributed by atoms with Crippen LogP contribution in [-0.4, -0.2) is 38.5 Å². The minimum Gasteiger partial charge on any atom is -0.726 e. The minimum absolute atomic E-state index is 0.273. The number of nitrogens with zero attached hydrogens (tertiary/aromatic N) is 1. The highest BCUT2D eigenvalue weighted by Crippen LogP contribution is 2.41. The normalized spacial score (nSPS) is 12.7. The van der Waals surface area contributed by atoms with Gasteiger partial charge in [-0.05, 0) is 35.7 Å². The third kappa shape index (κ3) is 3.88. The third-order valence-corrected chi connectivity index (χ3v) is 5.03. The summed E-state index contributed by atoms with van der Waals surface area (Å²) in [6.45, 7) is 0.273. The van der Waals surface area contributed by atoms with Gasteiger partial charge in [-0.2, -0.15) is 4.57 Å². The molecule has 162 valence electrons. The first kappa shape index (κ1) is 20.9. The number of ether oxygens (including phenoxy) is 4. The fourth-order valence-corrected chi connectivity index (χ4v) is 3.87. The molecule has 0 aliphatic carbocycles. The van der Waals surface area contributed by atoms with Crippen LogP contribution in [0.4, 0.5) is 0 Å². The lowest BCUT2D eigenvalue weighted by Crippen LogP contribution is -2.28. The molecule has 10 heteroatoms. The molecule has 0 radical (unpaired) electrons. The molecule has 9 nitrogen and oxygen atoms in total. The van der Waals surface area contributed by atoms with Crippen molar-refractivity contribution in [2.24, 2.45) is 7.05 Å². The number of aryl methyl sites for hydroxylation is 1. The van der Waals surface area contributed by atoms with Crippen molar-refractivity contribution >= 4 is 42.8 Å². The van der Waals surface area contributed by atoms with Gasteiger partial charge in [0.2, 0.25) is 22.7 Å². The predicted molar refractivity (Wildman–Crippen MR) is 112 cm³/mol. The molecule has 1 N–H and O–H groups in total. The van der Waals surface area contributed by atoms with E-state index in [0.717, 1.165) is 55.4 Å². The van der Waals surface area contributed by atoms with Crippen LogP contribution in [0, 0.1) is 0 Å². The Balaban J connectivity index is 0.000000418. The monoisotopic (exact) mass is 445 g/mol. The molecule has 0 bridgehead atoms. The first-order valence-corrected chi connectivity index (χ1v) is 10.5. The van der Waals surface area contributed by atoms with E-state index in [1.807, 2.05) is 19.2 Å². The van der Waals surface area contributed by atoms with Crippen LogP contribution < -0.4 is 23.5 Å². The standard InChI is InChI=1S/C21H18NO4.H2O4S/c1-22-10-16-13(6-7-17(23-2)21(16)24-3)14-5-4-12-8-18-19(26-11-25-18)9-15(12)20(14)22;1-5(2,3)4/h4-10H,11H2,1-3H3;(H2,1,2,3,4)/q+1;/p-1. The lowest BCUT2D eigenvalue weighted by atomic mass is 10.00. The maximum atomic E-state index is 8.63. The molecule has 0 amide bonds. The van der Waals surface area contributed by atoms with Gasteiger partial charge in [0.25, 0.3) is 0 Å². The molecule has 0 unspecified atom stereocenters. The van der Waals surface area contributed by atoms with Crippen LogP contribution in [-0.2, 0) is 17.4 Å². The Hall–Kier alpha value is -3.34. The van der Waals surface area contributed by atoms with Gasteiger partial charge in [-0.3, -0.25) is 4.55 Å². The molecule has 1 aromatic heterocycles. The largest absolute Gasteiger partial charge is 0.726 e. The number of aromatic nitrogens is 1. The van der Waals surface area contributed by atoms with Crippen LogP contribution in [0.25, 0.3) is 32.4 Å². The Kier molecular flexibility index (Phi) is 5.21. The highest BCUT2D eigenvalue weighted by Gasteiger charge is 2.21. The molecule has 2 heterocycles. The molecule has 4 aromatic rings. The Morgan fingerprint density at radius 1 is 0.968 bits per heavy atom. The van der Waals surface area contributed by atoms with Crippen molar-refractivity contribution < 1.29 is 41.0 Å². The fourth-order valence-electron chi connectivity index (χ4n) is 3.87. The van der Waals surface area contributed by atoms with E-state index in [1.165, 1.54) is 0 Å². The molecular weight excluding hydrogens is 426 g/mol. The summed E-state index contributed by atoms with van der Waals surface area (Å²) in [5.74, 6) is 3.06. The van der Waals surface area contributed by atoms with Gasteiger partial charge in [-0.15, -0.1) is 0 Å². The van der Waals surface area contributed by atoms with E-state index >= 15 is 0 Å². The van der Waals surface area contributed by atoms with Gasteiger partial charge >= 0.3 is 0 Å². The van der Waals surface area contributed by atoms with E-state index in [1.54, 1.807) is 14.2 Å². The van der Waals surface area contributed by atoms with E-state index in [0.29, 0.717) is 0 Å². The van der Waals surface area contributed by atoms with Gasteiger partial charge in [-0.1, -0.05) is 6.07 Å². The number of pyridine rings is 1. The Morgan fingerprint density at radius 2 is 1.61 bits per heavy atom. The second-order valence-electron chi connectivity index (χ2n) is 6.82. The number of hydrogen-bond donors (Lipinski definition) is 1. The van der Waals surface area contributed by atoms with Crippen LogP contribution in [0.15, 0.2) is 42.6 Å². The van der Waals surface area contributed by atoms with Crippen molar-refractivity contribution in [1.29, 1.82) is 0 Å². The second-order valence-corrected chi connectivity index (χ2v) is 7.67. The average Bonchev–Trinajstić information content (AvgIpc) is 3.17. The van der Waals surface area contributed by atoms with Gasteiger partial charge in [-0.25, -0.2) is 8.42 Å². The van der Waals surface area contributed by atoms with Crippen molar-refractivity contribution in [3.05, 3.63) is 42.6 Å². The maximum Gasteiger partial charge on any atom is 0.231 e. The molecular formula is C21H19NO8S. The van der Waals surface area contributed by atoms with E-state index in [-0.39, 0.29) is 6.79 Å². The quantitative estimate of drug-likeness (QED) is 0.217. The average molecular weight is 445 g/mol. The van der Waals surface area contributed by atoms with E-state index in [4.69, 9.17) is 36.5 Å². The summed E-state index contributed by atoms with van der Waals surface area (Å²) in [7, 11) is 0.453. The highest BCUT2D eigenvalue weighted by atomic mass is 32.3. The number of fused-ring (bicyclic) bond motifs is 6. The van der Waals surface area contributed by atoms with Crippen molar-refractivity contribution in [1.82, 2.24) is 0 Å². The van der Waals surface area contributed by atoms with Crippen LogP contribution >= 0.6 is 0 Å². The van der Waals surface area contributed by atoms with Gasteiger partial charge < -0.3 is 23.5 Å². The molecule has 1 aliphatic rings. The minimum atomic E-state index is -4.92. The van der Waals surface area contributed by atoms with Gasteiger partial charge in [0, 0.05) is 5.39 Å². The van der Waals surface area contributed by atoms with Crippen LogP contribution in [0.2, 0.25) is 0 Å². The van der Waals surface area contributed by atoms with Crippen molar-refractivity contribution in [3.63, 3.8) is 0 Å². The zero-order valence-corrected chi connectivity index (χ0v) is 17.7. The van der Waals surface area contributed by atoms with Gasteiger partial charge in [0.1, 0.15) is 7.05 Å². The number of rotatable bonds is 2. The maximum absolute atomic E-state index is 8.63. The second kappa shape index (κ2) is 7.73. The molecule has 1 aliphatic heterocycles. The number of benzene rings is 3. The van der Waals surface area contributed by atoms with Crippen LogP contribution in [0.1, 0.15) is 0 Å². The number of methoxy groups -OCH3 is 2. The summed E-state index contributed by atoms with van der Waals surface area (Å²) in [5, 5.41) is 5.54. The molecule has 0 atom stereocenters. The molecule has 0 saturated heterocycles. The third-order valence-electron chi connectivity index (χ3n) is 5.03. The SMILES string of the molecule is COc1ccc2c(c[n+](C)c3c4cc5c(cc4ccc23)OCO5)c1OC.O=S(=O)([O-])O. The molecule has 0 fully saturated rings. The zero-order chi connectivity index (χ0) is 22.3. The fraction of sp³-hybridized carbons (Fsp3) is 0.190. The van der Waals surface area contributed by atoms with Crippen LogP contribution in [0.3, 0.4) is 0 Å². The summed E-state index contributed by atoms with van der Waals surface area (Å²) >= 11 is 0. The summed E-state index contributed by atoms with van der Waals surface area (Å²) in [6.07, 6.45) is 2.09. The predicted octanol–water partition coefficient (Wildman–Crippen LogP) is 2.72. The summed E-state index contributed by atoms with van der Waals surface area (Å²) in [5.41, 5.74) is 1.14. The van der Waals surface area contributed by atoms with Crippen LogP contribution in [0.5, 0.6) is 23.0 Å². The summed E-state index contributed by atoms with van der Waals surface area (Å²) in [4.78, 5) is 0. The first-order valence-electron chi connectivity index (χ1n) is 9.09. The molecule has 0 saturated carbocycles. The summed E-state index contributed by atoms with van der Waals surface area (Å²) in [6, 6.07) is 12.4. The highest BCUT2D eigenvalue weighted by molar-refractivity contribution is 7.79. The Bertz CT molecular complexity index is 1420. The molecule has 5 rings (SSSR count). The van der Waals surface area contributed by atoms with Gasteiger partial charge in [0.05, 0.1) is 30.4 Å². The molecule has 3 aromatic carbocycles. The van der Waals surface area contributed by atoms with E-state index < -0.39 is 10.4 Å². The van der Waals surface area contributed by atoms with Crippen molar-refractivity contribution in [2.45, 2.75) is 0 Å². The first-order chi connectivity index (χ1) is 14.7. The smallest absolute Gasteiger partial charge is 0.231 e. The van der Waals surface area contributed by atoms with E-state index in [9.17, 15) is 0 Å². The molecule has 31 heavy (non-hydrogen) atoms.